The zero-order chi connectivity index (χ0) is 36.7. The monoisotopic (exact) mass is 688 g/mol. The highest BCUT2D eigenvalue weighted by Crippen LogP contribution is 2.15. The molecule has 0 spiro atoms. The van der Waals surface area contributed by atoms with Crippen molar-refractivity contribution in [2.45, 2.75) is 90.3 Å². The summed E-state index contributed by atoms with van der Waals surface area (Å²) in [5.74, 6) is -1.13. The fourth-order valence-electron chi connectivity index (χ4n) is 5.39. The van der Waals surface area contributed by atoms with Gasteiger partial charge < -0.3 is 35.4 Å². The Labute approximate surface area is 295 Å². The number of hydrogen-bond donors (Lipinski definition) is 4. The number of nitrogens with zero attached hydrogens (tertiary/aromatic N) is 1. The molecule has 0 heterocycles. The van der Waals surface area contributed by atoms with Gasteiger partial charge in [-0.15, -0.1) is 0 Å². The number of ether oxygens (including phenoxy) is 2. The predicted octanol–water partition coefficient (Wildman–Crippen LogP) is 5.01. The number of benzene rings is 3. The van der Waals surface area contributed by atoms with Crippen LogP contribution in [0.1, 0.15) is 57.7 Å². The highest BCUT2D eigenvalue weighted by molar-refractivity contribution is 5.90. The first kappa shape index (κ1) is 39.5. The lowest BCUT2D eigenvalue weighted by molar-refractivity contribution is -0.145. The van der Waals surface area contributed by atoms with Crippen molar-refractivity contribution in [1.29, 1.82) is 0 Å². The zero-order valence-electron chi connectivity index (χ0n) is 29.9. The molecule has 11 heteroatoms. The van der Waals surface area contributed by atoms with E-state index in [1.165, 1.54) is 12.0 Å². The van der Waals surface area contributed by atoms with Gasteiger partial charge in [0.1, 0.15) is 17.7 Å². The van der Waals surface area contributed by atoms with E-state index >= 15 is 0 Å². The van der Waals surface area contributed by atoms with Gasteiger partial charge in [-0.2, -0.15) is 0 Å². The van der Waals surface area contributed by atoms with Crippen LogP contribution in [0.25, 0.3) is 0 Å². The number of aliphatic hydroxyl groups is 1. The molecule has 4 amide bonds. The molecule has 11 nitrogen and oxygen atoms in total. The summed E-state index contributed by atoms with van der Waals surface area (Å²) in [7, 11) is 1.26. The molecule has 4 N–H and O–H groups in total. The molecule has 0 fully saturated rings. The van der Waals surface area contributed by atoms with E-state index in [9.17, 15) is 24.3 Å². The maximum absolute atomic E-state index is 14.1. The molecule has 0 bridgehead atoms. The van der Waals surface area contributed by atoms with Gasteiger partial charge in [-0.3, -0.25) is 4.79 Å². The van der Waals surface area contributed by atoms with Crippen molar-refractivity contribution in [3.05, 3.63) is 108 Å². The van der Waals surface area contributed by atoms with E-state index in [1.807, 2.05) is 105 Å². The molecule has 0 aliphatic heterocycles. The molecule has 0 saturated heterocycles. The van der Waals surface area contributed by atoms with Crippen LogP contribution in [0.3, 0.4) is 0 Å². The first-order chi connectivity index (χ1) is 23.7. The topological polar surface area (TPSA) is 146 Å². The lowest BCUT2D eigenvalue weighted by Crippen LogP contribution is -2.57. The van der Waals surface area contributed by atoms with E-state index in [-0.39, 0.29) is 38.3 Å². The second-order valence-corrected chi connectivity index (χ2v) is 13.8. The Balaban J connectivity index is 1.86. The van der Waals surface area contributed by atoms with Gasteiger partial charge in [-0.05, 0) is 56.2 Å². The van der Waals surface area contributed by atoms with Crippen molar-refractivity contribution in [3.63, 3.8) is 0 Å². The van der Waals surface area contributed by atoms with Gasteiger partial charge in [-0.25, -0.2) is 14.4 Å². The molecule has 3 aromatic rings. The van der Waals surface area contributed by atoms with Gasteiger partial charge in [0, 0.05) is 13.0 Å². The summed E-state index contributed by atoms with van der Waals surface area (Å²) in [5, 5.41) is 20.1. The minimum Gasteiger partial charge on any atom is -0.467 e. The first-order valence-electron chi connectivity index (χ1n) is 17.0. The molecule has 0 aromatic heterocycles. The SMILES string of the molecule is COC(=O)[C@H](Cc1ccccc1)NC(=O)[C@H](CC(C)C)NC(=O)N(Cc1ccccc1)C[C@@H](O)[C@H](Cc1ccccc1)NC(=O)OC(C)(C)C. The third-order valence-corrected chi connectivity index (χ3v) is 7.78. The van der Waals surface area contributed by atoms with Crippen LogP contribution in [0.5, 0.6) is 0 Å². The number of esters is 1. The number of aliphatic hydroxyl groups excluding tert-OH is 1. The van der Waals surface area contributed by atoms with Crippen LogP contribution in [0.4, 0.5) is 9.59 Å². The smallest absolute Gasteiger partial charge is 0.407 e. The normalized spacial score (nSPS) is 13.7. The fourth-order valence-corrected chi connectivity index (χ4v) is 5.39. The van der Waals surface area contributed by atoms with Crippen LogP contribution in [0.2, 0.25) is 0 Å². The Morgan fingerprint density at radius 2 is 1.26 bits per heavy atom. The third kappa shape index (κ3) is 13.9. The first-order valence-corrected chi connectivity index (χ1v) is 17.0. The van der Waals surface area contributed by atoms with Crippen LogP contribution in [0, 0.1) is 5.92 Å². The van der Waals surface area contributed by atoms with E-state index in [4.69, 9.17) is 9.47 Å². The lowest BCUT2D eigenvalue weighted by atomic mass is 10.0. The number of rotatable bonds is 16. The highest BCUT2D eigenvalue weighted by Gasteiger charge is 2.32. The number of nitrogens with one attached hydrogen (secondary N) is 3. The Bertz CT molecular complexity index is 1500. The molecular weight excluding hydrogens is 636 g/mol. The van der Waals surface area contributed by atoms with E-state index < -0.39 is 53.8 Å². The number of amides is 4. The minimum absolute atomic E-state index is 0.0122. The van der Waals surface area contributed by atoms with Crippen molar-refractivity contribution >= 4 is 24.0 Å². The summed E-state index contributed by atoms with van der Waals surface area (Å²) in [5.41, 5.74) is 1.75. The average Bonchev–Trinajstić information content (AvgIpc) is 3.07. The molecule has 270 valence electrons. The maximum Gasteiger partial charge on any atom is 0.407 e. The molecule has 50 heavy (non-hydrogen) atoms. The largest absolute Gasteiger partial charge is 0.467 e. The van der Waals surface area contributed by atoms with Gasteiger partial charge >= 0.3 is 18.1 Å². The van der Waals surface area contributed by atoms with E-state index in [1.54, 1.807) is 20.8 Å². The van der Waals surface area contributed by atoms with Crippen LogP contribution < -0.4 is 16.0 Å². The lowest BCUT2D eigenvalue weighted by Gasteiger charge is -2.32. The van der Waals surface area contributed by atoms with Crippen LogP contribution in [-0.2, 0) is 38.4 Å². The molecular formula is C39H52N4O7. The number of carbonyl (C=O) groups is 4. The summed E-state index contributed by atoms with van der Waals surface area (Å²) in [6, 6.07) is 24.5. The summed E-state index contributed by atoms with van der Waals surface area (Å²) in [4.78, 5) is 54.7. The van der Waals surface area contributed by atoms with Gasteiger partial charge in [0.25, 0.3) is 0 Å². The van der Waals surface area contributed by atoms with Crippen molar-refractivity contribution in [2.75, 3.05) is 13.7 Å². The zero-order valence-corrected chi connectivity index (χ0v) is 29.9. The molecule has 0 saturated carbocycles. The minimum atomic E-state index is -1.22. The fraction of sp³-hybridized carbons (Fsp3) is 0.436. The number of urea groups is 1. The van der Waals surface area contributed by atoms with E-state index in [0.29, 0.717) is 0 Å². The molecule has 3 aromatic carbocycles. The third-order valence-electron chi connectivity index (χ3n) is 7.78. The maximum atomic E-state index is 14.1. The second-order valence-electron chi connectivity index (χ2n) is 13.8. The van der Waals surface area contributed by atoms with E-state index in [0.717, 1.165) is 16.7 Å². The summed E-state index contributed by atoms with van der Waals surface area (Å²) >= 11 is 0. The molecule has 3 rings (SSSR count). The molecule has 0 aliphatic carbocycles. The number of methoxy groups -OCH3 is 1. The molecule has 0 radical (unpaired) electrons. The number of alkyl carbamates (subject to hydrolysis) is 1. The Morgan fingerprint density at radius 1 is 0.740 bits per heavy atom. The average molecular weight is 689 g/mol. The highest BCUT2D eigenvalue weighted by atomic mass is 16.6. The van der Waals surface area contributed by atoms with Crippen molar-refractivity contribution < 1.29 is 33.8 Å². The van der Waals surface area contributed by atoms with Gasteiger partial charge in [0.15, 0.2) is 0 Å². The van der Waals surface area contributed by atoms with Gasteiger partial charge in [0.05, 0.1) is 25.8 Å². The Hall–Kier alpha value is -4.90. The van der Waals surface area contributed by atoms with Crippen LogP contribution in [0.15, 0.2) is 91.0 Å². The van der Waals surface area contributed by atoms with Gasteiger partial charge in [0.2, 0.25) is 5.91 Å². The summed E-state index contributed by atoms with van der Waals surface area (Å²) < 4.78 is 10.5. The van der Waals surface area contributed by atoms with Crippen LogP contribution >= 0.6 is 0 Å². The summed E-state index contributed by atoms with van der Waals surface area (Å²) in [6.45, 7) is 9.04. The molecule has 4 atom stereocenters. The molecule has 0 unspecified atom stereocenters. The Kier molecular flexibility index (Phi) is 15.3. The second kappa shape index (κ2) is 19.3. The molecule has 0 aliphatic rings. The van der Waals surface area contributed by atoms with Crippen LogP contribution in [-0.4, -0.2) is 77.5 Å². The summed E-state index contributed by atoms with van der Waals surface area (Å²) in [6.07, 6.45) is -1.14. The predicted molar refractivity (Wildman–Crippen MR) is 192 cm³/mol. The van der Waals surface area contributed by atoms with Crippen molar-refractivity contribution in [3.8, 4) is 0 Å². The Morgan fingerprint density at radius 3 is 1.76 bits per heavy atom. The number of carbonyl (C=O) groups excluding carboxylic acids is 4. The van der Waals surface area contributed by atoms with Crippen molar-refractivity contribution in [1.82, 2.24) is 20.9 Å². The van der Waals surface area contributed by atoms with E-state index in [2.05, 4.69) is 16.0 Å². The van der Waals surface area contributed by atoms with Gasteiger partial charge in [-0.1, -0.05) is 105 Å². The quantitative estimate of drug-likeness (QED) is 0.155. The standard InChI is InChI=1S/C39H52N4O7/c1-27(2)22-32(35(45)40-33(36(46)49-6)24-29-18-12-8-13-19-29)41-37(47)43(25-30-20-14-9-15-21-30)26-34(44)31(23-28-16-10-7-11-17-28)42-38(48)50-39(3,4)5/h7-21,27,31-34,44H,22-26H2,1-6H3,(H,40,45)(H,41,47)(H,42,48)/t31-,32-,33-,34+/m0/s1. The number of hydrogen-bond acceptors (Lipinski definition) is 7. The van der Waals surface area contributed by atoms with Crippen molar-refractivity contribution in [2.24, 2.45) is 5.92 Å².